The number of nitrogens with zero attached hydrogens (tertiary/aromatic N) is 1. The lowest BCUT2D eigenvalue weighted by Crippen LogP contribution is -2.46. The van der Waals surface area contributed by atoms with E-state index in [2.05, 4.69) is 10.6 Å². The van der Waals surface area contributed by atoms with Gasteiger partial charge in [-0.1, -0.05) is 30.4 Å². The highest BCUT2D eigenvalue weighted by atomic mass is 16.2. The van der Waals surface area contributed by atoms with E-state index in [0.29, 0.717) is 12.0 Å². The fraction of sp³-hybridized carbons (Fsp3) is 0.267. The van der Waals surface area contributed by atoms with E-state index in [-0.39, 0.29) is 18.4 Å². The first kappa shape index (κ1) is 15.4. The van der Waals surface area contributed by atoms with Gasteiger partial charge in [-0.25, -0.2) is 0 Å². The highest BCUT2D eigenvalue weighted by Crippen LogP contribution is 2.01. The van der Waals surface area contributed by atoms with E-state index in [0.717, 1.165) is 0 Å². The fourth-order valence-electron chi connectivity index (χ4n) is 1.58. The van der Waals surface area contributed by atoms with Crippen molar-refractivity contribution in [2.75, 3.05) is 6.54 Å². The topological polar surface area (TPSA) is 82.0 Å². The van der Waals surface area contributed by atoms with Crippen LogP contribution in [0.2, 0.25) is 0 Å². The summed E-state index contributed by atoms with van der Waals surface area (Å²) in [5.41, 5.74) is 0.492. The summed E-state index contributed by atoms with van der Waals surface area (Å²) in [6, 6.07) is 9.82. The van der Waals surface area contributed by atoms with Crippen LogP contribution in [0.5, 0.6) is 0 Å². The molecule has 2 amide bonds. The van der Waals surface area contributed by atoms with Crippen LogP contribution in [0.4, 0.5) is 0 Å². The van der Waals surface area contributed by atoms with Crippen molar-refractivity contribution in [3.05, 3.63) is 48.0 Å². The summed E-state index contributed by atoms with van der Waals surface area (Å²) in [5, 5.41) is 13.6. The molecule has 5 nitrogen and oxygen atoms in total. The fourth-order valence-corrected chi connectivity index (χ4v) is 1.58. The minimum absolute atomic E-state index is 0.0770. The summed E-state index contributed by atoms with van der Waals surface area (Å²) in [7, 11) is 0. The SMILES string of the molecule is C/C=C\CC(NC(=O)c1ccccc1)C(=O)NCC#N. The van der Waals surface area contributed by atoms with Crippen molar-refractivity contribution in [3.8, 4) is 6.07 Å². The minimum atomic E-state index is -0.688. The Kier molecular flexibility index (Phi) is 6.55. The normalized spacial score (nSPS) is 11.6. The van der Waals surface area contributed by atoms with Crippen molar-refractivity contribution in [1.82, 2.24) is 10.6 Å². The lowest BCUT2D eigenvalue weighted by atomic mass is 10.1. The standard InChI is InChI=1S/C15H17N3O2/c1-2-3-9-13(15(20)17-11-10-16)18-14(19)12-7-5-4-6-8-12/h2-8,13H,9,11H2,1H3,(H,17,20)(H,18,19)/b3-2-. The predicted molar refractivity (Wildman–Crippen MR) is 75.7 cm³/mol. The van der Waals surface area contributed by atoms with Crippen LogP contribution in [0.1, 0.15) is 23.7 Å². The van der Waals surface area contributed by atoms with Crippen LogP contribution < -0.4 is 10.6 Å². The molecule has 0 aromatic heterocycles. The number of amides is 2. The number of allylic oxidation sites excluding steroid dienone is 1. The van der Waals surface area contributed by atoms with Crippen LogP contribution in [-0.2, 0) is 4.79 Å². The van der Waals surface area contributed by atoms with Crippen molar-refractivity contribution in [1.29, 1.82) is 5.26 Å². The van der Waals surface area contributed by atoms with Gasteiger partial charge in [0, 0.05) is 5.56 Å². The second kappa shape index (κ2) is 8.48. The van der Waals surface area contributed by atoms with Crippen LogP contribution in [0.15, 0.2) is 42.5 Å². The molecule has 0 saturated heterocycles. The molecule has 0 aliphatic heterocycles. The molecule has 1 aromatic carbocycles. The van der Waals surface area contributed by atoms with Crippen LogP contribution in [0, 0.1) is 11.3 Å². The van der Waals surface area contributed by atoms with Gasteiger partial charge in [-0.15, -0.1) is 0 Å². The molecule has 0 saturated carbocycles. The first-order chi connectivity index (χ1) is 9.69. The van der Waals surface area contributed by atoms with Gasteiger partial charge in [0.2, 0.25) is 5.91 Å². The third-order valence-electron chi connectivity index (χ3n) is 2.61. The van der Waals surface area contributed by atoms with Gasteiger partial charge in [0.25, 0.3) is 5.91 Å². The summed E-state index contributed by atoms with van der Waals surface area (Å²) in [5.74, 6) is -0.679. The minimum Gasteiger partial charge on any atom is -0.341 e. The summed E-state index contributed by atoms with van der Waals surface area (Å²) < 4.78 is 0. The van der Waals surface area contributed by atoms with Crippen LogP contribution >= 0.6 is 0 Å². The maximum Gasteiger partial charge on any atom is 0.251 e. The lowest BCUT2D eigenvalue weighted by molar-refractivity contribution is -0.122. The smallest absolute Gasteiger partial charge is 0.251 e. The van der Waals surface area contributed by atoms with Gasteiger partial charge in [0.15, 0.2) is 0 Å². The number of nitriles is 1. The predicted octanol–water partition coefficient (Wildman–Crippen LogP) is 1.39. The molecule has 1 rings (SSSR count). The third-order valence-corrected chi connectivity index (χ3v) is 2.61. The average Bonchev–Trinajstić information content (AvgIpc) is 2.49. The zero-order valence-corrected chi connectivity index (χ0v) is 11.3. The van der Waals surface area contributed by atoms with E-state index in [1.54, 1.807) is 36.4 Å². The van der Waals surface area contributed by atoms with Crippen LogP contribution in [0.25, 0.3) is 0 Å². The Balaban J connectivity index is 2.71. The Morgan fingerprint density at radius 3 is 2.65 bits per heavy atom. The molecule has 1 atom stereocenters. The molecule has 0 aliphatic carbocycles. The summed E-state index contributed by atoms with van der Waals surface area (Å²) in [4.78, 5) is 23.9. The van der Waals surface area contributed by atoms with E-state index < -0.39 is 6.04 Å². The van der Waals surface area contributed by atoms with Crippen LogP contribution in [-0.4, -0.2) is 24.4 Å². The molecule has 0 radical (unpaired) electrons. The zero-order valence-electron chi connectivity index (χ0n) is 11.3. The largest absolute Gasteiger partial charge is 0.341 e. The first-order valence-corrected chi connectivity index (χ1v) is 6.30. The van der Waals surface area contributed by atoms with Gasteiger partial charge in [0.05, 0.1) is 6.07 Å². The molecular formula is C15H17N3O2. The molecule has 0 aliphatic rings. The van der Waals surface area contributed by atoms with E-state index in [1.165, 1.54) is 0 Å². The molecule has 0 heterocycles. The van der Waals surface area contributed by atoms with Crippen molar-refractivity contribution in [2.24, 2.45) is 0 Å². The molecule has 0 spiro atoms. The number of benzene rings is 1. The molecule has 0 bridgehead atoms. The van der Waals surface area contributed by atoms with Gasteiger partial charge in [-0.3, -0.25) is 9.59 Å². The number of hydrogen-bond donors (Lipinski definition) is 2. The zero-order chi connectivity index (χ0) is 14.8. The third kappa shape index (κ3) is 4.94. The summed E-state index contributed by atoms with van der Waals surface area (Å²) in [6.07, 6.45) is 3.98. The second-order valence-electron chi connectivity index (χ2n) is 4.07. The molecule has 5 heteroatoms. The average molecular weight is 271 g/mol. The second-order valence-corrected chi connectivity index (χ2v) is 4.07. The molecular weight excluding hydrogens is 254 g/mol. The number of rotatable bonds is 6. The Morgan fingerprint density at radius 2 is 2.05 bits per heavy atom. The van der Waals surface area contributed by atoms with Gasteiger partial charge >= 0.3 is 0 Å². The lowest BCUT2D eigenvalue weighted by Gasteiger charge is -2.16. The molecule has 1 unspecified atom stereocenters. The highest BCUT2D eigenvalue weighted by molar-refractivity contribution is 5.97. The van der Waals surface area contributed by atoms with E-state index >= 15 is 0 Å². The van der Waals surface area contributed by atoms with Crippen molar-refractivity contribution in [2.45, 2.75) is 19.4 Å². The maximum atomic E-state index is 12.0. The molecule has 1 aromatic rings. The first-order valence-electron chi connectivity index (χ1n) is 6.30. The van der Waals surface area contributed by atoms with Gasteiger partial charge in [-0.05, 0) is 25.5 Å². The highest BCUT2D eigenvalue weighted by Gasteiger charge is 2.19. The Labute approximate surface area is 118 Å². The number of carbonyl (C=O) groups excluding carboxylic acids is 2. The van der Waals surface area contributed by atoms with E-state index in [4.69, 9.17) is 5.26 Å². The van der Waals surface area contributed by atoms with Crippen molar-refractivity contribution in [3.63, 3.8) is 0 Å². The molecule has 2 N–H and O–H groups in total. The number of hydrogen-bond acceptors (Lipinski definition) is 3. The monoisotopic (exact) mass is 271 g/mol. The summed E-state index contributed by atoms with van der Waals surface area (Å²) >= 11 is 0. The Bertz CT molecular complexity index is 518. The van der Waals surface area contributed by atoms with Gasteiger partial charge in [-0.2, -0.15) is 5.26 Å². The van der Waals surface area contributed by atoms with E-state index in [9.17, 15) is 9.59 Å². The quantitative estimate of drug-likeness (QED) is 0.606. The van der Waals surface area contributed by atoms with Gasteiger partial charge in [0.1, 0.15) is 12.6 Å². The summed E-state index contributed by atoms with van der Waals surface area (Å²) in [6.45, 7) is 1.76. The maximum absolute atomic E-state index is 12.0. The van der Waals surface area contributed by atoms with Crippen LogP contribution in [0.3, 0.4) is 0 Å². The molecule has 0 fully saturated rings. The van der Waals surface area contributed by atoms with E-state index in [1.807, 2.05) is 19.1 Å². The molecule has 20 heavy (non-hydrogen) atoms. The Morgan fingerprint density at radius 1 is 1.35 bits per heavy atom. The van der Waals surface area contributed by atoms with Gasteiger partial charge < -0.3 is 10.6 Å². The van der Waals surface area contributed by atoms with Crippen molar-refractivity contribution < 1.29 is 9.59 Å². The number of nitrogens with one attached hydrogen (secondary N) is 2. The Hall–Kier alpha value is -2.61. The molecule has 104 valence electrons. The van der Waals surface area contributed by atoms with Crippen molar-refractivity contribution >= 4 is 11.8 Å². The number of carbonyl (C=O) groups is 2.